The van der Waals surface area contributed by atoms with Gasteiger partial charge in [0.1, 0.15) is 13.2 Å². The van der Waals surface area contributed by atoms with Gasteiger partial charge in [-0.15, -0.1) is 0 Å². The van der Waals surface area contributed by atoms with Crippen molar-refractivity contribution in [3.63, 3.8) is 0 Å². The van der Waals surface area contributed by atoms with Gasteiger partial charge in [-0.2, -0.15) is 4.31 Å². The molecule has 2 aromatic rings. The van der Waals surface area contributed by atoms with Gasteiger partial charge >= 0.3 is 0 Å². The van der Waals surface area contributed by atoms with Gasteiger partial charge in [-0.05, 0) is 23.8 Å². The first kappa shape index (κ1) is 23.4. The number of piperazine rings is 1. The van der Waals surface area contributed by atoms with Crippen LogP contribution in [0.4, 0.5) is 5.69 Å². The predicted molar refractivity (Wildman–Crippen MR) is 130 cm³/mol. The summed E-state index contributed by atoms with van der Waals surface area (Å²) in [5, 5.41) is 1.21. The zero-order valence-corrected chi connectivity index (χ0v) is 20.0. The van der Waals surface area contributed by atoms with Crippen LogP contribution in [0.3, 0.4) is 0 Å². The molecule has 0 unspecified atom stereocenters. The lowest BCUT2D eigenvalue weighted by molar-refractivity contribution is -0.136. The molecule has 9 nitrogen and oxygen atoms in total. The zero-order valence-electron chi connectivity index (χ0n) is 19.2. The van der Waals surface area contributed by atoms with Gasteiger partial charge < -0.3 is 19.3 Å². The Labute approximate surface area is 204 Å². The van der Waals surface area contributed by atoms with Gasteiger partial charge in [0.15, 0.2) is 11.5 Å². The number of nitrogens with zero attached hydrogens (tertiary/aromatic N) is 3. The number of sulfonamides is 1. The van der Waals surface area contributed by atoms with E-state index >= 15 is 0 Å². The van der Waals surface area contributed by atoms with E-state index in [-0.39, 0.29) is 37.9 Å². The third kappa shape index (κ3) is 5.03. The molecular formula is C25H27N3O6S. The van der Waals surface area contributed by atoms with Crippen molar-refractivity contribution in [2.45, 2.75) is 6.42 Å². The smallest absolute Gasteiger partial charge is 0.236 e. The molecular weight excluding hydrogens is 470 g/mol. The molecule has 3 aliphatic heterocycles. The Balaban J connectivity index is 1.18. The molecule has 5 rings (SSSR count). The van der Waals surface area contributed by atoms with Crippen LogP contribution in [0.1, 0.15) is 12.0 Å². The molecule has 0 spiro atoms. The topological polar surface area (TPSA) is 96.5 Å². The van der Waals surface area contributed by atoms with Crippen molar-refractivity contribution in [1.82, 2.24) is 9.21 Å². The lowest BCUT2D eigenvalue weighted by Gasteiger charge is -2.34. The number of carbonyl (C=O) groups excluding carboxylic acids is 2. The van der Waals surface area contributed by atoms with E-state index in [0.717, 1.165) is 5.56 Å². The number of benzene rings is 2. The second kappa shape index (κ2) is 9.71. The van der Waals surface area contributed by atoms with Gasteiger partial charge in [0.2, 0.25) is 21.8 Å². The monoisotopic (exact) mass is 497 g/mol. The van der Waals surface area contributed by atoms with Crippen LogP contribution in [0.25, 0.3) is 6.08 Å². The summed E-state index contributed by atoms with van der Waals surface area (Å²) >= 11 is 0. The molecule has 0 aromatic heterocycles. The third-order valence-electron chi connectivity index (χ3n) is 6.45. The minimum atomic E-state index is -3.58. The van der Waals surface area contributed by atoms with Crippen LogP contribution >= 0.6 is 0 Å². The number of hydrogen-bond acceptors (Lipinski definition) is 6. The molecule has 35 heavy (non-hydrogen) atoms. The summed E-state index contributed by atoms with van der Waals surface area (Å²) in [6, 6.07) is 14.6. The van der Waals surface area contributed by atoms with Gasteiger partial charge in [0.05, 0.1) is 5.92 Å². The first-order valence-corrected chi connectivity index (χ1v) is 13.1. The molecule has 0 aliphatic carbocycles. The maximum absolute atomic E-state index is 13.1. The average Bonchev–Trinajstić information content (AvgIpc) is 3.29. The van der Waals surface area contributed by atoms with Crippen LogP contribution in [-0.2, 0) is 19.6 Å². The molecule has 0 N–H and O–H groups in total. The van der Waals surface area contributed by atoms with E-state index in [2.05, 4.69) is 0 Å². The summed E-state index contributed by atoms with van der Waals surface area (Å²) < 4.78 is 37.9. The highest BCUT2D eigenvalue weighted by Crippen LogP contribution is 2.36. The Morgan fingerprint density at radius 1 is 0.943 bits per heavy atom. The number of rotatable bonds is 5. The van der Waals surface area contributed by atoms with E-state index in [1.165, 1.54) is 9.71 Å². The number of ether oxygens (including phenoxy) is 2. The fraction of sp³-hybridized carbons (Fsp3) is 0.360. The fourth-order valence-corrected chi connectivity index (χ4v) is 5.73. The van der Waals surface area contributed by atoms with E-state index < -0.39 is 15.9 Å². The van der Waals surface area contributed by atoms with Crippen molar-refractivity contribution in [1.29, 1.82) is 0 Å². The van der Waals surface area contributed by atoms with Crippen LogP contribution in [0.5, 0.6) is 11.5 Å². The highest BCUT2D eigenvalue weighted by molar-refractivity contribution is 7.92. The molecule has 2 aromatic carbocycles. The normalized spacial score (nSPS) is 21.0. The van der Waals surface area contributed by atoms with E-state index in [0.29, 0.717) is 43.5 Å². The number of fused-ring (bicyclic) bond motifs is 1. The van der Waals surface area contributed by atoms with E-state index in [9.17, 15) is 18.0 Å². The summed E-state index contributed by atoms with van der Waals surface area (Å²) in [4.78, 5) is 29.1. The van der Waals surface area contributed by atoms with Crippen molar-refractivity contribution in [2.75, 3.05) is 50.8 Å². The standard InChI is InChI=1S/C25H27N3O6S/c29-24-16-20(18-28(24)21-6-7-22-23(17-21)34-14-13-33-22)25(30)26-9-11-27(12-10-26)35(31,32)15-8-19-4-2-1-3-5-19/h1-8,15,17,20H,9-14,16,18H2/b15-8+/t20-/m1/s1. The van der Waals surface area contributed by atoms with Gasteiger partial charge in [0.25, 0.3) is 0 Å². The Morgan fingerprint density at radius 3 is 2.40 bits per heavy atom. The van der Waals surface area contributed by atoms with Gasteiger partial charge in [-0.3, -0.25) is 9.59 Å². The van der Waals surface area contributed by atoms with Crippen LogP contribution < -0.4 is 14.4 Å². The third-order valence-corrected chi connectivity index (χ3v) is 8.02. The predicted octanol–water partition coefficient (Wildman–Crippen LogP) is 1.96. The van der Waals surface area contributed by atoms with Crippen LogP contribution in [0.2, 0.25) is 0 Å². The van der Waals surface area contributed by atoms with E-state index in [4.69, 9.17) is 9.47 Å². The number of amides is 2. The second-order valence-corrected chi connectivity index (χ2v) is 10.5. The van der Waals surface area contributed by atoms with Crippen LogP contribution in [-0.4, -0.2) is 75.4 Å². The first-order chi connectivity index (χ1) is 16.9. The molecule has 2 saturated heterocycles. The largest absolute Gasteiger partial charge is 0.486 e. The molecule has 10 heteroatoms. The lowest BCUT2D eigenvalue weighted by Crippen LogP contribution is -2.51. The summed E-state index contributed by atoms with van der Waals surface area (Å²) in [6.07, 6.45) is 1.70. The highest BCUT2D eigenvalue weighted by Gasteiger charge is 2.39. The Morgan fingerprint density at radius 2 is 1.66 bits per heavy atom. The molecule has 184 valence electrons. The summed E-state index contributed by atoms with van der Waals surface area (Å²) in [5.41, 5.74) is 1.48. The molecule has 0 bridgehead atoms. The number of anilines is 1. The molecule has 3 heterocycles. The fourth-order valence-electron chi connectivity index (χ4n) is 4.56. The zero-order chi connectivity index (χ0) is 24.4. The van der Waals surface area contributed by atoms with Crippen LogP contribution in [0, 0.1) is 5.92 Å². The number of carbonyl (C=O) groups is 2. The van der Waals surface area contributed by atoms with Crippen LogP contribution in [0.15, 0.2) is 53.9 Å². The molecule has 1 atom stereocenters. The minimum Gasteiger partial charge on any atom is -0.486 e. The molecule has 2 fully saturated rings. The van der Waals surface area contributed by atoms with Gasteiger partial charge in [0, 0.05) is 56.3 Å². The SMILES string of the molecule is O=C([C@@H]1CC(=O)N(c2ccc3c(c2)OCCO3)C1)N1CCN(S(=O)(=O)/C=C/c2ccccc2)CC1. The maximum Gasteiger partial charge on any atom is 0.236 e. The quantitative estimate of drug-likeness (QED) is 0.627. The molecule has 3 aliphatic rings. The van der Waals surface area contributed by atoms with Gasteiger partial charge in [-0.1, -0.05) is 30.3 Å². The molecule has 0 radical (unpaired) electrons. The van der Waals surface area contributed by atoms with Crippen molar-refractivity contribution in [2.24, 2.45) is 5.92 Å². The first-order valence-electron chi connectivity index (χ1n) is 11.6. The Kier molecular flexibility index (Phi) is 6.48. The average molecular weight is 498 g/mol. The summed E-state index contributed by atoms with van der Waals surface area (Å²) in [7, 11) is -3.58. The highest BCUT2D eigenvalue weighted by atomic mass is 32.2. The minimum absolute atomic E-state index is 0.115. The van der Waals surface area contributed by atoms with E-state index in [1.807, 2.05) is 30.3 Å². The van der Waals surface area contributed by atoms with Crippen molar-refractivity contribution in [3.8, 4) is 11.5 Å². The molecule has 2 amide bonds. The summed E-state index contributed by atoms with van der Waals surface area (Å²) in [6.45, 7) is 2.27. The maximum atomic E-state index is 13.1. The van der Waals surface area contributed by atoms with Crippen molar-refractivity contribution >= 4 is 33.6 Å². The van der Waals surface area contributed by atoms with Gasteiger partial charge in [-0.25, -0.2) is 8.42 Å². The Hall–Kier alpha value is -3.37. The molecule has 0 saturated carbocycles. The lowest BCUT2D eigenvalue weighted by atomic mass is 10.1. The second-order valence-electron chi connectivity index (χ2n) is 8.72. The van der Waals surface area contributed by atoms with E-state index in [1.54, 1.807) is 34.1 Å². The number of hydrogen-bond donors (Lipinski definition) is 0. The van der Waals surface area contributed by atoms with Crippen molar-refractivity contribution < 1.29 is 27.5 Å². The summed E-state index contributed by atoms with van der Waals surface area (Å²) in [5.74, 6) is 0.542. The van der Waals surface area contributed by atoms with Crippen molar-refractivity contribution in [3.05, 3.63) is 59.5 Å². The Bertz CT molecular complexity index is 1240.